The van der Waals surface area contributed by atoms with Gasteiger partial charge < -0.3 is 19.5 Å². The van der Waals surface area contributed by atoms with Crippen molar-refractivity contribution in [1.82, 2.24) is 10.3 Å². The monoisotopic (exact) mass is 318 g/mol. The second-order valence-electron chi connectivity index (χ2n) is 6.17. The summed E-state index contributed by atoms with van der Waals surface area (Å²) in [5.74, 6) is 0.644. The Morgan fingerprint density at radius 1 is 1.32 bits per heavy atom. The smallest absolute Gasteiger partial charge is 0.266 e. The van der Waals surface area contributed by atoms with E-state index in [-0.39, 0.29) is 11.9 Å². The summed E-state index contributed by atoms with van der Waals surface area (Å²) in [5, 5.41) is 3.12. The molecule has 1 aliphatic carbocycles. The average molecular weight is 318 g/mol. The number of aromatic amines is 1. The molecule has 1 aromatic carbocycles. The van der Waals surface area contributed by atoms with Gasteiger partial charge in [0, 0.05) is 18.2 Å². The molecule has 6 heteroatoms. The summed E-state index contributed by atoms with van der Waals surface area (Å²) in [7, 11) is 0. The first-order valence-electron chi connectivity index (χ1n) is 7.74. The lowest BCUT2D eigenvalue weighted by atomic mass is 9.99. The van der Waals surface area contributed by atoms with E-state index in [1.807, 2.05) is 6.07 Å². The summed E-state index contributed by atoms with van der Waals surface area (Å²) in [6.07, 6.45) is 4.65. The number of nitrogens with one attached hydrogen (secondary N) is 2. The van der Waals surface area contributed by atoms with Crippen LogP contribution in [-0.2, 0) is 4.74 Å². The predicted octanol–water partition coefficient (Wildman–Crippen LogP) is 3.18. The van der Waals surface area contributed by atoms with E-state index in [1.165, 1.54) is 12.8 Å². The Hall–Kier alpha value is -1.66. The zero-order valence-electron chi connectivity index (χ0n) is 12.1. The Bertz CT molecular complexity index is 762. The van der Waals surface area contributed by atoms with E-state index >= 15 is 0 Å². The first kappa shape index (κ1) is 14.0. The maximum atomic E-state index is 12.4. The number of hydrogen-bond donors (Lipinski definition) is 2. The Labute approximate surface area is 133 Å². The molecule has 116 valence electrons. The zero-order chi connectivity index (χ0) is 15.1. The van der Waals surface area contributed by atoms with Crippen molar-refractivity contribution in [2.45, 2.75) is 37.8 Å². The highest BCUT2D eigenvalue weighted by Crippen LogP contribution is 2.38. The number of rotatable bonds is 3. The summed E-state index contributed by atoms with van der Waals surface area (Å²) in [6.45, 7) is 0.734. The van der Waals surface area contributed by atoms with Gasteiger partial charge in [0.2, 0.25) is 0 Å². The molecule has 0 bridgehead atoms. The maximum absolute atomic E-state index is 12.4. The van der Waals surface area contributed by atoms with E-state index in [0.29, 0.717) is 28.0 Å². The van der Waals surface area contributed by atoms with Gasteiger partial charge in [-0.3, -0.25) is 4.79 Å². The van der Waals surface area contributed by atoms with E-state index in [2.05, 4.69) is 10.3 Å². The van der Waals surface area contributed by atoms with Crippen LogP contribution in [0.2, 0.25) is 0 Å². The highest BCUT2D eigenvalue weighted by Gasteiger charge is 2.36. The fourth-order valence-electron chi connectivity index (χ4n) is 3.11. The second kappa shape index (κ2) is 5.52. The number of carbonyl (C=O) groups excluding carboxylic acids is 1. The molecule has 0 spiro atoms. The van der Waals surface area contributed by atoms with Crippen LogP contribution >= 0.6 is 12.2 Å². The lowest BCUT2D eigenvalue weighted by Crippen LogP contribution is -2.42. The molecule has 2 N–H and O–H groups in total. The van der Waals surface area contributed by atoms with Crippen LogP contribution < -0.4 is 5.32 Å². The molecule has 2 heterocycles. The minimum absolute atomic E-state index is 0.0642. The van der Waals surface area contributed by atoms with Crippen LogP contribution in [-0.4, -0.2) is 29.6 Å². The van der Waals surface area contributed by atoms with Crippen molar-refractivity contribution in [3.63, 3.8) is 0 Å². The lowest BCUT2D eigenvalue weighted by molar-refractivity contribution is -0.0102. The van der Waals surface area contributed by atoms with Crippen molar-refractivity contribution in [1.29, 1.82) is 0 Å². The van der Waals surface area contributed by atoms with Crippen LogP contribution in [0.25, 0.3) is 11.1 Å². The molecular weight excluding hydrogens is 300 g/mol. The first-order valence-corrected chi connectivity index (χ1v) is 8.15. The normalized spacial score (nSPS) is 25.3. The molecule has 2 aromatic rings. The molecule has 4 rings (SSSR count). The fraction of sp³-hybridized carbons (Fsp3) is 0.500. The van der Waals surface area contributed by atoms with E-state index in [1.54, 1.807) is 12.1 Å². The summed E-state index contributed by atoms with van der Waals surface area (Å²) >= 11 is 4.96. The minimum Gasteiger partial charge on any atom is -0.429 e. The summed E-state index contributed by atoms with van der Waals surface area (Å²) in [6, 6.07) is 5.53. The van der Waals surface area contributed by atoms with Crippen LogP contribution in [0, 0.1) is 10.8 Å². The SMILES string of the molecule is O=C(NC1CCOC(C2CC2)C1)c1ccc2[nH]c(=S)oc2c1. The van der Waals surface area contributed by atoms with Crippen LogP contribution in [0.15, 0.2) is 22.6 Å². The maximum Gasteiger partial charge on any atom is 0.266 e. The van der Waals surface area contributed by atoms with Gasteiger partial charge in [0.15, 0.2) is 5.58 Å². The van der Waals surface area contributed by atoms with Crippen LogP contribution in [0.5, 0.6) is 0 Å². The van der Waals surface area contributed by atoms with E-state index < -0.39 is 0 Å². The van der Waals surface area contributed by atoms with Gasteiger partial charge in [0.25, 0.3) is 10.7 Å². The molecule has 1 saturated carbocycles. The molecule has 22 heavy (non-hydrogen) atoms. The van der Waals surface area contributed by atoms with Crippen molar-refractivity contribution < 1.29 is 13.9 Å². The van der Waals surface area contributed by atoms with E-state index in [4.69, 9.17) is 21.4 Å². The number of benzene rings is 1. The topological polar surface area (TPSA) is 67.3 Å². The van der Waals surface area contributed by atoms with Crippen LogP contribution in [0.1, 0.15) is 36.0 Å². The van der Waals surface area contributed by atoms with Crippen LogP contribution in [0.3, 0.4) is 0 Å². The number of amides is 1. The van der Waals surface area contributed by atoms with Crippen LogP contribution in [0.4, 0.5) is 0 Å². The Kier molecular flexibility index (Phi) is 3.50. The number of hydrogen-bond acceptors (Lipinski definition) is 4. The van der Waals surface area contributed by atoms with Gasteiger partial charge in [-0.05, 0) is 62.0 Å². The average Bonchev–Trinajstić information content (AvgIpc) is 3.28. The highest BCUT2D eigenvalue weighted by molar-refractivity contribution is 7.71. The second-order valence-corrected chi connectivity index (χ2v) is 6.54. The third kappa shape index (κ3) is 2.80. The molecule has 1 saturated heterocycles. The van der Waals surface area contributed by atoms with Crippen molar-refractivity contribution in [2.24, 2.45) is 5.92 Å². The van der Waals surface area contributed by atoms with Crippen molar-refractivity contribution >= 4 is 29.2 Å². The predicted molar refractivity (Wildman–Crippen MR) is 84.4 cm³/mol. The van der Waals surface area contributed by atoms with E-state index in [0.717, 1.165) is 25.0 Å². The molecule has 0 radical (unpaired) electrons. The molecule has 1 aromatic heterocycles. The number of fused-ring (bicyclic) bond motifs is 1. The third-order valence-corrected chi connectivity index (χ3v) is 4.67. The number of H-pyrrole nitrogens is 1. The standard InChI is InChI=1S/C16H18N2O3S/c19-15(10-3-4-12-14(7-10)21-16(22)18-12)17-11-5-6-20-13(8-11)9-1-2-9/h3-4,7,9,11,13H,1-2,5-6,8H2,(H,17,19)(H,18,22). The number of aromatic nitrogens is 1. The first-order chi connectivity index (χ1) is 10.7. The van der Waals surface area contributed by atoms with Gasteiger partial charge in [-0.1, -0.05) is 0 Å². The summed E-state index contributed by atoms with van der Waals surface area (Å²) < 4.78 is 11.2. The molecule has 2 fully saturated rings. The van der Waals surface area contributed by atoms with Gasteiger partial charge in [0.05, 0.1) is 11.6 Å². The quantitative estimate of drug-likeness (QED) is 0.853. The molecule has 1 aliphatic heterocycles. The summed E-state index contributed by atoms with van der Waals surface area (Å²) in [5.41, 5.74) is 2.02. The highest BCUT2D eigenvalue weighted by atomic mass is 32.1. The molecule has 1 amide bonds. The number of carbonyl (C=O) groups is 1. The van der Waals surface area contributed by atoms with Gasteiger partial charge in [0.1, 0.15) is 0 Å². The molecule has 2 unspecified atom stereocenters. The van der Waals surface area contributed by atoms with Crippen molar-refractivity contribution in [3.8, 4) is 0 Å². The fourth-order valence-corrected chi connectivity index (χ4v) is 3.31. The molecular formula is C16H18N2O3S. The van der Waals surface area contributed by atoms with E-state index in [9.17, 15) is 4.79 Å². The largest absolute Gasteiger partial charge is 0.429 e. The van der Waals surface area contributed by atoms with Crippen molar-refractivity contribution in [2.75, 3.05) is 6.61 Å². The molecule has 2 aliphatic rings. The lowest BCUT2D eigenvalue weighted by Gasteiger charge is -2.30. The summed E-state index contributed by atoms with van der Waals surface area (Å²) in [4.78, 5) is 15.7. The van der Waals surface area contributed by atoms with Gasteiger partial charge in [-0.2, -0.15) is 0 Å². The minimum atomic E-state index is -0.0642. The Balaban J connectivity index is 1.46. The van der Waals surface area contributed by atoms with Crippen molar-refractivity contribution in [3.05, 3.63) is 28.6 Å². The number of ether oxygens (including phenoxy) is 1. The van der Waals surface area contributed by atoms with Gasteiger partial charge >= 0.3 is 0 Å². The Morgan fingerprint density at radius 2 is 2.18 bits per heavy atom. The zero-order valence-corrected chi connectivity index (χ0v) is 12.9. The molecule has 2 atom stereocenters. The third-order valence-electron chi connectivity index (χ3n) is 4.48. The number of oxazole rings is 1. The van der Waals surface area contributed by atoms with Gasteiger partial charge in [-0.25, -0.2) is 0 Å². The van der Waals surface area contributed by atoms with Gasteiger partial charge in [-0.15, -0.1) is 0 Å². The Morgan fingerprint density at radius 3 is 3.00 bits per heavy atom. The molecule has 5 nitrogen and oxygen atoms in total.